The van der Waals surface area contributed by atoms with E-state index in [1.165, 1.54) is 12.1 Å². The van der Waals surface area contributed by atoms with E-state index in [-0.39, 0.29) is 16.7 Å². The SMILES string of the molecule is Cc1ccc(S(N)(=O)=O)cc1NC(=O)[C@@H]1CCC(=O)N1. The van der Waals surface area contributed by atoms with Crippen LogP contribution in [0.5, 0.6) is 0 Å². The lowest BCUT2D eigenvalue weighted by Crippen LogP contribution is -2.37. The molecular weight excluding hydrogens is 282 g/mol. The molecule has 8 heteroatoms. The number of hydrogen-bond donors (Lipinski definition) is 3. The standard InChI is InChI=1S/C12H15N3O4S/c1-7-2-3-8(20(13,18)19)6-10(7)15-12(17)9-4-5-11(16)14-9/h2-3,6,9H,4-5H2,1H3,(H,14,16)(H,15,17)(H2,13,18,19)/t9-/m0/s1. The summed E-state index contributed by atoms with van der Waals surface area (Å²) in [5.41, 5.74) is 1.07. The van der Waals surface area contributed by atoms with Gasteiger partial charge in [0.15, 0.2) is 0 Å². The van der Waals surface area contributed by atoms with Crippen LogP contribution in [0.3, 0.4) is 0 Å². The van der Waals surface area contributed by atoms with Gasteiger partial charge in [-0.1, -0.05) is 6.07 Å². The lowest BCUT2D eigenvalue weighted by atomic mass is 10.1. The second-order valence-corrected chi connectivity index (χ2v) is 6.23. The van der Waals surface area contributed by atoms with E-state index in [1.807, 2.05) is 0 Å². The summed E-state index contributed by atoms with van der Waals surface area (Å²) in [7, 11) is -3.83. The third kappa shape index (κ3) is 3.14. The fourth-order valence-corrected chi connectivity index (χ4v) is 2.48. The highest BCUT2D eigenvalue weighted by Crippen LogP contribution is 2.20. The van der Waals surface area contributed by atoms with Crippen LogP contribution in [0.25, 0.3) is 0 Å². The van der Waals surface area contributed by atoms with E-state index >= 15 is 0 Å². The van der Waals surface area contributed by atoms with Crippen molar-refractivity contribution in [2.24, 2.45) is 5.14 Å². The molecule has 0 spiro atoms. The maximum Gasteiger partial charge on any atom is 0.246 e. The van der Waals surface area contributed by atoms with Gasteiger partial charge < -0.3 is 10.6 Å². The average molecular weight is 297 g/mol. The Bertz CT molecular complexity index is 669. The number of carbonyl (C=O) groups is 2. The topological polar surface area (TPSA) is 118 Å². The normalized spacial score (nSPS) is 18.7. The number of nitrogens with two attached hydrogens (primary N) is 1. The number of primary sulfonamides is 1. The van der Waals surface area contributed by atoms with Gasteiger partial charge in [0.1, 0.15) is 6.04 Å². The van der Waals surface area contributed by atoms with Gasteiger partial charge in [0.25, 0.3) is 0 Å². The molecule has 0 saturated carbocycles. The van der Waals surface area contributed by atoms with Crippen LogP contribution in [0.2, 0.25) is 0 Å². The Balaban J connectivity index is 2.20. The molecular formula is C12H15N3O4S. The highest BCUT2D eigenvalue weighted by Gasteiger charge is 2.27. The smallest absolute Gasteiger partial charge is 0.246 e. The largest absolute Gasteiger partial charge is 0.344 e. The lowest BCUT2D eigenvalue weighted by molar-refractivity contribution is -0.122. The highest BCUT2D eigenvalue weighted by molar-refractivity contribution is 7.89. The molecule has 0 bridgehead atoms. The molecule has 1 fully saturated rings. The molecule has 0 aliphatic carbocycles. The van der Waals surface area contributed by atoms with Gasteiger partial charge in [-0.25, -0.2) is 13.6 Å². The van der Waals surface area contributed by atoms with Gasteiger partial charge >= 0.3 is 0 Å². The van der Waals surface area contributed by atoms with Crippen LogP contribution in [0.4, 0.5) is 5.69 Å². The van der Waals surface area contributed by atoms with Crippen LogP contribution in [0.1, 0.15) is 18.4 Å². The molecule has 2 amide bonds. The van der Waals surface area contributed by atoms with E-state index in [0.717, 1.165) is 0 Å². The van der Waals surface area contributed by atoms with Gasteiger partial charge in [-0.2, -0.15) is 0 Å². The number of aryl methyl sites for hydroxylation is 1. The van der Waals surface area contributed by atoms with Crippen molar-refractivity contribution in [3.8, 4) is 0 Å². The zero-order chi connectivity index (χ0) is 14.9. The van der Waals surface area contributed by atoms with Crippen LogP contribution in [0, 0.1) is 6.92 Å². The molecule has 1 aliphatic heterocycles. The molecule has 7 nitrogen and oxygen atoms in total. The minimum Gasteiger partial charge on any atom is -0.344 e. The molecule has 0 radical (unpaired) electrons. The van der Waals surface area contributed by atoms with Crippen LogP contribution in [-0.4, -0.2) is 26.3 Å². The molecule has 2 rings (SSSR count). The first kappa shape index (κ1) is 14.5. The van der Waals surface area contributed by atoms with Crippen molar-refractivity contribution in [2.75, 3.05) is 5.32 Å². The molecule has 1 aromatic carbocycles. The molecule has 20 heavy (non-hydrogen) atoms. The third-order valence-electron chi connectivity index (χ3n) is 3.11. The van der Waals surface area contributed by atoms with Crippen molar-refractivity contribution in [3.63, 3.8) is 0 Å². The number of amides is 2. The molecule has 4 N–H and O–H groups in total. The van der Waals surface area contributed by atoms with E-state index in [9.17, 15) is 18.0 Å². The number of rotatable bonds is 3. The predicted octanol–water partition coefficient (Wildman–Crippen LogP) is -0.140. The average Bonchev–Trinajstić information content (AvgIpc) is 2.77. The van der Waals surface area contributed by atoms with Gasteiger partial charge in [0.2, 0.25) is 21.8 Å². The Morgan fingerprint density at radius 3 is 2.70 bits per heavy atom. The molecule has 1 saturated heterocycles. The molecule has 108 valence electrons. The summed E-state index contributed by atoms with van der Waals surface area (Å²) in [6.45, 7) is 1.73. The predicted molar refractivity (Wildman–Crippen MR) is 72.3 cm³/mol. The van der Waals surface area contributed by atoms with Crippen LogP contribution in [0.15, 0.2) is 23.1 Å². The summed E-state index contributed by atoms with van der Waals surface area (Å²) in [5, 5.41) is 10.2. The Hall–Kier alpha value is -1.93. The van der Waals surface area contributed by atoms with E-state index in [4.69, 9.17) is 5.14 Å². The van der Waals surface area contributed by atoms with Gasteiger partial charge in [-0.3, -0.25) is 9.59 Å². The number of benzene rings is 1. The quantitative estimate of drug-likeness (QED) is 0.719. The second kappa shape index (κ2) is 5.22. The van der Waals surface area contributed by atoms with Gasteiger partial charge in [0.05, 0.1) is 4.90 Å². The maximum atomic E-state index is 12.0. The van der Waals surface area contributed by atoms with E-state index in [1.54, 1.807) is 13.0 Å². The highest BCUT2D eigenvalue weighted by atomic mass is 32.2. The first-order chi connectivity index (χ1) is 9.27. The summed E-state index contributed by atoms with van der Waals surface area (Å²) < 4.78 is 22.6. The van der Waals surface area contributed by atoms with E-state index in [0.29, 0.717) is 24.1 Å². The van der Waals surface area contributed by atoms with Crippen LogP contribution < -0.4 is 15.8 Å². The molecule has 0 aromatic heterocycles. The molecule has 1 heterocycles. The van der Waals surface area contributed by atoms with Crippen LogP contribution >= 0.6 is 0 Å². The summed E-state index contributed by atoms with van der Waals surface area (Å²) in [6, 6.07) is 3.65. The molecule has 0 unspecified atom stereocenters. The Kier molecular flexibility index (Phi) is 3.78. The summed E-state index contributed by atoms with van der Waals surface area (Å²) >= 11 is 0. The summed E-state index contributed by atoms with van der Waals surface area (Å²) in [4.78, 5) is 23.0. The van der Waals surface area contributed by atoms with E-state index < -0.39 is 16.1 Å². The zero-order valence-corrected chi connectivity index (χ0v) is 11.7. The zero-order valence-electron chi connectivity index (χ0n) is 10.8. The van der Waals surface area contributed by atoms with Gasteiger partial charge in [-0.15, -0.1) is 0 Å². The van der Waals surface area contributed by atoms with Crippen molar-refractivity contribution in [3.05, 3.63) is 23.8 Å². The summed E-state index contributed by atoms with van der Waals surface area (Å²) in [5.74, 6) is -0.536. The van der Waals surface area contributed by atoms with E-state index in [2.05, 4.69) is 10.6 Å². The molecule has 1 aromatic rings. The molecule has 1 atom stereocenters. The van der Waals surface area contributed by atoms with Crippen molar-refractivity contribution < 1.29 is 18.0 Å². The summed E-state index contributed by atoms with van der Waals surface area (Å²) in [6.07, 6.45) is 0.743. The fourth-order valence-electron chi connectivity index (χ4n) is 1.94. The van der Waals surface area contributed by atoms with Crippen molar-refractivity contribution in [1.82, 2.24) is 5.32 Å². The number of hydrogen-bond acceptors (Lipinski definition) is 4. The number of anilines is 1. The number of nitrogens with one attached hydrogen (secondary N) is 2. The number of carbonyl (C=O) groups excluding carboxylic acids is 2. The van der Waals surface area contributed by atoms with Crippen molar-refractivity contribution in [2.45, 2.75) is 30.7 Å². The minimum absolute atomic E-state index is 0.0751. The first-order valence-electron chi connectivity index (χ1n) is 6.01. The van der Waals surface area contributed by atoms with Crippen molar-refractivity contribution >= 4 is 27.5 Å². The monoisotopic (exact) mass is 297 g/mol. The lowest BCUT2D eigenvalue weighted by Gasteiger charge is -2.13. The van der Waals surface area contributed by atoms with Crippen molar-refractivity contribution in [1.29, 1.82) is 0 Å². The Morgan fingerprint density at radius 1 is 1.45 bits per heavy atom. The fraction of sp³-hybridized carbons (Fsp3) is 0.333. The molecule has 1 aliphatic rings. The van der Waals surface area contributed by atoms with Gasteiger partial charge in [-0.05, 0) is 31.0 Å². The third-order valence-corrected chi connectivity index (χ3v) is 4.02. The maximum absolute atomic E-state index is 12.0. The number of sulfonamides is 1. The Labute approximate surface area is 116 Å². The Morgan fingerprint density at radius 2 is 2.15 bits per heavy atom. The van der Waals surface area contributed by atoms with Gasteiger partial charge in [0, 0.05) is 12.1 Å². The second-order valence-electron chi connectivity index (χ2n) is 4.67. The minimum atomic E-state index is -3.83. The van der Waals surface area contributed by atoms with Crippen LogP contribution in [-0.2, 0) is 19.6 Å². The first-order valence-corrected chi connectivity index (χ1v) is 7.55.